The summed E-state index contributed by atoms with van der Waals surface area (Å²) in [5, 5.41) is 19.9. The van der Waals surface area contributed by atoms with E-state index in [1.807, 2.05) is 6.92 Å². The maximum atomic E-state index is 12.2. The second kappa shape index (κ2) is 11.6. The van der Waals surface area contributed by atoms with Crippen LogP contribution in [0.15, 0.2) is 54.6 Å². The lowest BCUT2D eigenvalue weighted by atomic mass is 10.0. The lowest BCUT2D eigenvalue weighted by Crippen LogP contribution is -2.02. The van der Waals surface area contributed by atoms with Crippen molar-refractivity contribution in [2.24, 2.45) is 0 Å². The molecule has 0 atom stereocenters. The van der Waals surface area contributed by atoms with Gasteiger partial charge in [0, 0.05) is 0 Å². The number of aromatic hydroxyl groups is 2. The fourth-order valence-corrected chi connectivity index (χ4v) is 2.95. The molecule has 0 amide bonds. The van der Waals surface area contributed by atoms with E-state index in [9.17, 15) is 19.8 Å². The molecule has 2 aromatic carbocycles. The lowest BCUT2D eigenvalue weighted by molar-refractivity contribution is -0.121. The van der Waals surface area contributed by atoms with Gasteiger partial charge < -0.3 is 19.7 Å². The van der Waals surface area contributed by atoms with E-state index >= 15 is 0 Å². The summed E-state index contributed by atoms with van der Waals surface area (Å²) in [5.41, 5.74) is 3.04. The first-order chi connectivity index (χ1) is 15.2. The maximum absolute atomic E-state index is 12.2. The minimum atomic E-state index is -0.350. The molecule has 32 heavy (non-hydrogen) atoms. The predicted octanol–water partition coefficient (Wildman–Crippen LogP) is 4.88. The second-order valence-corrected chi connectivity index (χ2v) is 7.40. The van der Waals surface area contributed by atoms with Crippen LogP contribution in [0.2, 0.25) is 0 Å². The number of phenolic OH excluding ortho intramolecular Hbond substituents is 2. The molecule has 0 heterocycles. The van der Waals surface area contributed by atoms with Gasteiger partial charge >= 0.3 is 0 Å². The summed E-state index contributed by atoms with van der Waals surface area (Å²) in [6, 6.07) is 8.10. The van der Waals surface area contributed by atoms with E-state index in [-0.39, 0.29) is 29.5 Å². The molecule has 2 N–H and O–H groups in total. The van der Waals surface area contributed by atoms with Crippen molar-refractivity contribution in [2.75, 3.05) is 14.2 Å². The number of aryl methyl sites for hydroxylation is 1. The number of rotatable bonds is 11. The van der Waals surface area contributed by atoms with Crippen molar-refractivity contribution < 1.29 is 29.3 Å². The third-order valence-electron chi connectivity index (χ3n) is 4.69. The Morgan fingerprint density at radius 2 is 1.53 bits per heavy atom. The first-order valence-corrected chi connectivity index (χ1v) is 10.1. The van der Waals surface area contributed by atoms with Gasteiger partial charge in [-0.15, -0.1) is 6.58 Å². The van der Waals surface area contributed by atoms with Crippen LogP contribution in [0, 0.1) is 0 Å². The van der Waals surface area contributed by atoms with Gasteiger partial charge in [-0.2, -0.15) is 0 Å². The number of ether oxygens (including phenoxy) is 2. The van der Waals surface area contributed by atoms with Crippen molar-refractivity contribution in [3.63, 3.8) is 0 Å². The van der Waals surface area contributed by atoms with Crippen molar-refractivity contribution >= 4 is 23.7 Å². The highest BCUT2D eigenvalue weighted by Crippen LogP contribution is 2.33. The van der Waals surface area contributed by atoms with Crippen LogP contribution in [0.1, 0.15) is 36.5 Å². The second-order valence-electron chi connectivity index (χ2n) is 7.40. The van der Waals surface area contributed by atoms with Crippen molar-refractivity contribution in [1.82, 2.24) is 0 Å². The molecule has 0 saturated heterocycles. The monoisotopic (exact) mass is 436 g/mol. The molecule has 0 fully saturated rings. The van der Waals surface area contributed by atoms with Crippen LogP contribution in [0.25, 0.3) is 12.2 Å². The third-order valence-corrected chi connectivity index (χ3v) is 4.69. The van der Waals surface area contributed by atoms with Crippen LogP contribution >= 0.6 is 0 Å². The van der Waals surface area contributed by atoms with Crippen LogP contribution in [0.4, 0.5) is 0 Å². The number of methoxy groups -OCH3 is 2. The van der Waals surface area contributed by atoms with Crippen LogP contribution in [0.3, 0.4) is 0 Å². The minimum absolute atomic E-state index is 0.00457. The minimum Gasteiger partial charge on any atom is -0.504 e. The molecule has 0 radical (unpaired) electrons. The summed E-state index contributed by atoms with van der Waals surface area (Å²) in [6.07, 6.45) is 6.84. The van der Waals surface area contributed by atoms with E-state index in [0.717, 1.165) is 12.0 Å². The molecule has 0 aliphatic heterocycles. The fraction of sp³-hybridized carbons (Fsp3) is 0.231. The normalized spacial score (nSPS) is 11.1. The molecule has 2 aromatic rings. The molecule has 6 heteroatoms. The van der Waals surface area contributed by atoms with Gasteiger partial charge in [0.1, 0.15) is 0 Å². The summed E-state index contributed by atoms with van der Waals surface area (Å²) in [4.78, 5) is 24.3. The number of allylic oxidation sites excluding steroid dienone is 3. The van der Waals surface area contributed by atoms with Crippen molar-refractivity contribution in [1.29, 1.82) is 0 Å². The Bertz CT molecular complexity index is 1060. The first kappa shape index (κ1) is 24.5. The van der Waals surface area contributed by atoms with Crippen molar-refractivity contribution in [3.8, 4) is 23.0 Å². The lowest BCUT2D eigenvalue weighted by Gasteiger charge is -2.11. The molecule has 0 bridgehead atoms. The van der Waals surface area contributed by atoms with Crippen LogP contribution < -0.4 is 9.47 Å². The highest BCUT2D eigenvalue weighted by atomic mass is 16.5. The number of benzene rings is 2. The quantitative estimate of drug-likeness (QED) is 0.296. The fourth-order valence-electron chi connectivity index (χ4n) is 2.95. The predicted molar refractivity (Wildman–Crippen MR) is 125 cm³/mol. The Morgan fingerprint density at radius 3 is 2.12 bits per heavy atom. The zero-order valence-corrected chi connectivity index (χ0v) is 18.6. The topological polar surface area (TPSA) is 93.1 Å². The Labute approximate surface area is 188 Å². The standard InChI is InChI=1S/C26H28O6/c1-17(2)5-9-20-13-19(15-25(32-4)26(20)30)7-11-22(28)16-21(27)10-6-18-8-12-23(29)24(14-18)31-3/h6-8,10-15,29-30H,1,5,9,16H2,2-4H3. The van der Waals surface area contributed by atoms with Crippen LogP contribution in [-0.2, 0) is 16.0 Å². The van der Waals surface area contributed by atoms with Gasteiger partial charge in [-0.25, -0.2) is 0 Å². The van der Waals surface area contributed by atoms with Gasteiger partial charge in [0.2, 0.25) is 0 Å². The summed E-state index contributed by atoms with van der Waals surface area (Å²) < 4.78 is 10.3. The van der Waals surface area contributed by atoms with E-state index in [2.05, 4.69) is 6.58 Å². The van der Waals surface area contributed by atoms with E-state index in [1.165, 1.54) is 32.4 Å². The van der Waals surface area contributed by atoms with E-state index in [0.29, 0.717) is 34.6 Å². The number of ketones is 2. The molecule has 0 unspecified atom stereocenters. The van der Waals surface area contributed by atoms with Crippen molar-refractivity contribution in [3.05, 3.63) is 71.3 Å². The SMILES string of the molecule is C=C(C)CCc1cc(C=CC(=O)CC(=O)C=Cc2ccc(O)c(OC)c2)cc(OC)c1O. The van der Waals surface area contributed by atoms with E-state index in [1.54, 1.807) is 36.4 Å². The molecule has 168 valence electrons. The van der Waals surface area contributed by atoms with E-state index in [4.69, 9.17) is 9.47 Å². The zero-order chi connectivity index (χ0) is 23.7. The van der Waals surface area contributed by atoms with Gasteiger partial charge in [-0.1, -0.05) is 23.8 Å². The zero-order valence-electron chi connectivity index (χ0n) is 18.6. The molecule has 0 aliphatic carbocycles. The molecule has 6 nitrogen and oxygen atoms in total. The molecule has 0 spiro atoms. The number of hydrogen-bond donors (Lipinski definition) is 2. The Balaban J connectivity index is 2.05. The summed E-state index contributed by atoms with van der Waals surface area (Å²) >= 11 is 0. The summed E-state index contributed by atoms with van der Waals surface area (Å²) in [7, 11) is 2.90. The first-order valence-electron chi connectivity index (χ1n) is 10.1. The van der Waals surface area contributed by atoms with Gasteiger partial charge in [0.05, 0.1) is 20.6 Å². The molecular weight excluding hydrogens is 408 g/mol. The molecule has 0 aliphatic rings. The average Bonchev–Trinajstić information content (AvgIpc) is 2.76. The number of carbonyl (C=O) groups excluding carboxylic acids is 2. The number of phenols is 2. The van der Waals surface area contributed by atoms with Gasteiger partial charge in [-0.05, 0) is 72.9 Å². The van der Waals surface area contributed by atoms with Crippen molar-refractivity contribution in [2.45, 2.75) is 26.2 Å². The average molecular weight is 437 g/mol. The van der Waals surface area contributed by atoms with E-state index < -0.39 is 0 Å². The summed E-state index contributed by atoms with van der Waals surface area (Å²) in [6.45, 7) is 5.79. The van der Waals surface area contributed by atoms with Crippen LogP contribution in [0.5, 0.6) is 23.0 Å². The Morgan fingerprint density at radius 1 is 0.938 bits per heavy atom. The third kappa shape index (κ3) is 7.16. The number of hydrogen-bond acceptors (Lipinski definition) is 6. The van der Waals surface area contributed by atoms with Crippen LogP contribution in [-0.4, -0.2) is 36.0 Å². The van der Waals surface area contributed by atoms with Gasteiger partial charge in [-0.3, -0.25) is 9.59 Å². The Hall–Kier alpha value is -3.80. The highest BCUT2D eigenvalue weighted by molar-refractivity contribution is 6.10. The highest BCUT2D eigenvalue weighted by Gasteiger charge is 2.10. The number of carbonyl (C=O) groups is 2. The largest absolute Gasteiger partial charge is 0.504 e. The Kier molecular flexibility index (Phi) is 8.83. The molecule has 2 rings (SSSR count). The molecule has 0 saturated carbocycles. The molecular formula is C26H28O6. The molecule has 0 aromatic heterocycles. The smallest absolute Gasteiger partial charge is 0.163 e. The van der Waals surface area contributed by atoms with Gasteiger partial charge in [0.25, 0.3) is 0 Å². The van der Waals surface area contributed by atoms with Gasteiger partial charge in [0.15, 0.2) is 34.6 Å². The summed E-state index contributed by atoms with van der Waals surface area (Å²) in [5.74, 6) is -0.00543. The maximum Gasteiger partial charge on any atom is 0.163 e.